The van der Waals surface area contributed by atoms with Gasteiger partial charge in [0.05, 0.1) is 12.4 Å². The summed E-state index contributed by atoms with van der Waals surface area (Å²) in [5, 5.41) is 8.84. The van der Waals surface area contributed by atoms with Crippen LogP contribution >= 0.6 is 0 Å². The number of nitrogens with zero attached hydrogens (tertiary/aromatic N) is 4. The smallest absolute Gasteiger partial charge is 0.410 e. The highest BCUT2D eigenvalue weighted by molar-refractivity contribution is 5.84. The molecule has 1 aliphatic heterocycles. The number of rotatable bonds is 2. The number of carboxylic acid groups (broad SMARTS) is 1. The molecule has 126 valence electrons. The number of aromatic nitrogens is 2. The first-order valence-corrected chi connectivity index (χ1v) is 7.47. The van der Waals surface area contributed by atoms with Gasteiger partial charge in [-0.1, -0.05) is 0 Å². The summed E-state index contributed by atoms with van der Waals surface area (Å²) in [6.45, 7) is 9.14. The molecular weight excluding hydrogens is 300 g/mol. The topological polar surface area (TPSA) is 95.9 Å². The van der Waals surface area contributed by atoms with Gasteiger partial charge in [-0.2, -0.15) is 0 Å². The Labute approximate surface area is 135 Å². The minimum atomic E-state index is -1.10. The lowest BCUT2D eigenvalue weighted by Gasteiger charge is -2.40. The van der Waals surface area contributed by atoms with Gasteiger partial charge in [0.2, 0.25) is 0 Å². The number of hydrogen-bond donors (Lipinski definition) is 1. The summed E-state index contributed by atoms with van der Waals surface area (Å²) >= 11 is 0. The SMILES string of the molecule is C[C@@H]1CN(c2cnc(C(=O)O)cn2)CCN1C(=O)OC(C)(C)C. The van der Waals surface area contributed by atoms with E-state index in [4.69, 9.17) is 9.84 Å². The second kappa shape index (κ2) is 6.39. The molecule has 0 radical (unpaired) electrons. The fraction of sp³-hybridized carbons (Fsp3) is 0.600. The molecule has 1 fully saturated rings. The van der Waals surface area contributed by atoms with E-state index >= 15 is 0 Å². The number of ether oxygens (including phenoxy) is 1. The van der Waals surface area contributed by atoms with Crippen molar-refractivity contribution >= 4 is 17.9 Å². The molecule has 1 N–H and O–H groups in total. The van der Waals surface area contributed by atoms with Crippen molar-refractivity contribution in [2.45, 2.75) is 39.3 Å². The number of piperazine rings is 1. The molecule has 0 spiro atoms. The molecule has 1 amide bonds. The Balaban J connectivity index is 2.00. The van der Waals surface area contributed by atoms with E-state index < -0.39 is 11.6 Å². The number of carboxylic acids is 1. The van der Waals surface area contributed by atoms with Gasteiger partial charge in [-0.15, -0.1) is 0 Å². The third kappa shape index (κ3) is 4.30. The normalized spacial score (nSPS) is 18.7. The van der Waals surface area contributed by atoms with Crippen LogP contribution in [0.1, 0.15) is 38.2 Å². The van der Waals surface area contributed by atoms with E-state index in [0.29, 0.717) is 25.5 Å². The zero-order valence-corrected chi connectivity index (χ0v) is 13.8. The van der Waals surface area contributed by atoms with Crippen molar-refractivity contribution in [2.24, 2.45) is 0 Å². The molecule has 2 heterocycles. The zero-order chi connectivity index (χ0) is 17.2. The van der Waals surface area contributed by atoms with E-state index in [1.165, 1.54) is 12.4 Å². The van der Waals surface area contributed by atoms with E-state index in [0.717, 1.165) is 0 Å². The molecule has 23 heavy (non-hydrogen) atoms. The van der Waals surface area contributed by atoms with Crippen molar-refractivity contribution < 1.29 is 19.4 Å². The average Bonchev–Trinajstić information content (AvgIpc) is 2.45. The van der Waals surface area contributed by atoms with E-state index in [1.54, 1.807) is 4.90 Å². The van der Waals surface area contributed by atoms with Gasteiger partial charge in [0.25, 0.3) is 0 Å². The largest absolute Gasteiger partial charge is 0.476 e. The fourth-order valence-corrected chi connectivity index (χ4v) is 2.35. The number of amides is 1. The Morgan fingerprint density at radius 3 is 2.43 bits per heavy atom. The Bertz CT molecular complexity index is 582. The first-order valence-electron chi connectivity index (χ1n) is 7.47. The summed E-state index contributed by atoms with van der Waals surface area (Å²) in [5.74, 6) is -0.502. The van der Waals surface area contributed by atoms with Crippen molar-refractivity contribution in [3.8, 4) is 0 Å². The molecule has 0 bridgehead atoms. The van der Waals surface area contributed by atoms with Gasteiger partial charge in [0, 0.05) is 25.7 Å². The number of anilines is 1. The summed E-state index contributed by atoms with van der Waals surface area (Å²) < 4.78 is 5.41. The van der Waals surface area contributed by atoms with Crippen LogP contribution in [0, 0.1) is 0 Å². The van der Waals surface area contributed by atoms with Gasteiger partial charge < -0.3 is 19.6 Å². The summed E-state index contributed by atoms with van der Waals surface area (Å²) in [4.78, 5) is 34.7. The van der Waals surface area contributed by atoms with Gasteiger partial charge in [-0.25, -0.2) is 19.6 Å². The highest BCUT2D eigenvalue weighted by Crippen LogP contribution is 2.19. The number of carbonyl (C=O) groups excluding carboxylic acids is 1. The third-order valence-electron chi connectivity index (χ3n) is 3.44. The molecular formula is C15H22N4O4. The maximum Gasteiger partial charge on any atom is 0.410 e. The minimum absolute atomic E-state index is 0.0421. The standard InChI is InChI=1S/C15H22N4O4/c1-10-9-18(12-8-16-11(7-17-12)13(20)21)5-6-19(10)14(22)23-15(2,3)4/h7-8,10H,5-6,9H2,1-4H3,(H,20,21)/t10-/m1/s1. The third-order valence-corrected chi connectivity index (χ3v) is 3.44. The summed E-state index contributed by atoms with van der Waals surface area (Å²) in [5.41, 5.74) is -0.610. The molecule has 8 nitrogen and oxygen atoms in total. The minimum Gasteiger partial charge on any atom is -0.476 e. The van der Waals surface area contributed by atoms with Gasteiger partial charge >= 0.3 is 12.1 Å². The lowest BCUT2D eigenvalue weighted by Crippen LogP contribution is -2.55. The Morgan fingerprint density at radius 2 is 1.96 bits per heavy atom. The fourth-order valence-electron chi connectivity index (χ4n) is 2.35. The highest BCUT2D eigenvalue weighted by atomic mass is 16.6. The molecule has 1 aliphatic rings. The summed E-state index contributed by atoms with van der Waals surface area (Å²) in [6.07, 6.45) is 2.36. The molecule has 1 aromatic heterocycles. The van der Waals surface area contributed by atoms with Gasteiger partial charge in [-0.05, 0) is 27.7 Å². The summed E-state index contributed by atoms with van der Waals surface area (Å²) in [7, 11) is 0. The van der Waals surface area contributed by atoms with Crippen molar-refractivity contribution in [3.05, 3.63) is 18.1 Å². The second-order valence-corrected chi connectivity index (χ2v) is 6.53. The number of aromatic carboxylic acids is 1. The zero-order valence-electron chi connectivity index (χ0n) is 13.8. The first-order chi connectivity index (χ1) is 10.7. The van der Waals surface area contributed by atoms with Crippen LogP contribution in [-0.2, 0) is 4.74 Å². The van der Waals surface area contributed by atoms with Crippen LogP contribution in [0.4, 0.5) is 10.6 Å². The van der Waals surface area contributed by atoms with Crippen molar-refractivity contribution in [2.75, 3.05) is 24.5 Å². The molecule has 1 atom stereocenters. The molecule has 8 heteroatoms. The maximum atomic E-state index is 12.2. The van der Waals surface area contributed by atoms with Gasteiger partial charge in [0.1, 0.15) is 11.4 Å². The lowest BCUT2D eigenvalue weighted by atomic mass is 10.2. The average molecular weight is 322 g/mol. The van der Waals surface area contributed by atoms with Gasteiger partial charge in [0.15, 0.2) is 5.69 Å². The molecule has 1 aromatic rings. The Hall–Kier alpha value is -2.38. The Kier molecular flexibility index (Phi) is 4.72. The van der Waals surface area contributed by atoms with Crippen LogP contribution in [0.15, 0.2) is 12.4 Å². The predicted octanol–water partition coefficient (Wildman–Crippen LogP) is 1.62. The summed E-state index contributed by atoms with van der Waals surface area (Å²) in [6, 6.07) is -0.0421. The van der Waals surface area contributed by atoms with Crippen LogP contribution in [0.5, 0.6) is 0 Å². The van der Waals surface area contributed by atoms with Crippen LogP contribution in [0.2, 0.25) is 0 Å². The Morgan fingerprint density at radius 1 is 1.26 bits per heavy atom. The molecule has 0 aromatic carbocycles. The van der Waals surface area contributed by atoms with Crippen LogP contribution in [0.25, 0.3) is 0 Å². The molecule has 0 aliphatic carbocycles. The number of hydrogen-bond acceptors (Lipinski definition) is 6. The van der Waals surface area contributed by atoms with Crippen molar-refractivity contribution in [1.29, 1.82) is 0 Å². The molecule has 2 rings (SSSR count). The van der Waals surface area contributed by atoms with E-state index in [9.17, 15) is 9.59 Å². The van der Waals surface area contributed by atoms with Crippen LogP contribution in [-0.4, -0.2) is 63.3 Å². The van der Waals surface area contributed by atoms with Crippen LogP contribution in [0.3, 0.4) is 0 Å². The van der Waals surface area contributed by atoms with E-state index in [1.807, 2.05) is 32.6 Å². The number of carbonyl (C=O) groups is 2. The van der Waals surface area contributed by atoms with Crippen molar-refractivity contribution in [1.82, 2.24) is 14.9 Å². The van der Waals surface area contributed by atoms with Gasteiger partial charge in [-0.3, -0.25) is 0 Å². The molecule has 0 saturated carbocycles. The van der Waals surface area contributed by atoms with E-state index in [-0.39, 0.29) is 17.8 Å². The predicted molar refractivity (Wildman–Crippen MR) is 83.6 cm³/mol. The molecule has 0 unspecified atom stereocenters. The second-order valence-electron chi connectivity index (χ2n) is 6.53. The first kappa shape index (κ1) is 17.0. The molecule has 1 saturated heterocycles. The maximum absolute atomic E-state index is 12.2. The quantitative estimate of drug-likeness (QED) is 0.883. The highest BCUT2D eigenvalue weighted by Gasteiger charge is 2.31. The van der Waals surface area contributed by atoms with E-state index in [2.05, 4.69) is 9.97 Å². The van der Waals surface area contributed by atoms with Crippen LogP contribution < -0.4 is 4.90 Å². The monoisotopic (exact) mass is 322 g/mol. The van der Waals surface area contributed by atoms with Crippen molar-refractivity contribution in [3.63, 3.8) is 0 Å². The lowest BCUT2D eigenvalue weighted by molar-refractivity contribution is 0.0158.